The summed E-state index contributed by atoms with van der Waals surface area (Å²) in [6.07, 6.45) is 0.228. The average Bonchev–Trinajstić information content (AvgIpc) is 3.30. The van der Waals surface area contributed by atoms with E-state index >= 15 is 0 Å². The van der Waals surface area contributed by atoms with Gasteiger partial charge in [-0.05, 0) is 29.6 Å². The number of fused-ring (bicyclic) bond motifs is 1. The predicted molar refractivity (Wildman–Crippen MR) is 95.4 cm³/mol. The van der Waals surface area contributed by atoms with Crippen molar-refractivity contribution in [1.29, 1.82) is 0 Å². The Kier molecular flexibility index (Phi) is 4.01. The van der Waals surface area contributed by atoms with Gasteiger partial charge in [-0.3, -0.25) is 9.59 Å². The van der Waals surface area contributed by atoms with Gasteiger partial charge in [0, 0.05) is 30.5 Å². The van der Waals surface area contributed by atoms with Crippen LogP contribution >= 0.6 is 11.3 Å². The SMILES string of the molecule is Cc1nc2cc(N3C[C@H](C(=O)NCc4cccs4)CC3=O)ccc2o1. The molecule has 128 valence electrons. The number of thiophene rings is 1. The van der Waals surface area contributed by atoms with Crippen LogP contribution in [0.5, 0.6) is 0 Å². The minimum absolute atomic E-state index is 0.0455. The highest BCUT2D eigenvalue weighted by atomic mass is 32.1. The maximum absolute atomic E-state index is 12.4. The third-order valence-corrected chi connectivity index (χ3v) is 5.18. The molecule has 1 aliphatic heterocycles. The number of nitrogens with zero attached hydrogens (tertiary/aromatic N) is 2. The number of aryl methyl sites for hydroxylation is 1. The van der Waals surface area contributed by atoms with Crippen LogP contribution in [0.25, 0.3) is 11.1 Å². The van der Waals surface area contributed by atoms with Crippen LogP contribution in [0.1, 0.15) is 17.2 Å². The van der Waals surface area contributed by atoms with E-state index in [2.05, 4.69) is 10.3 Å². The van der Waals surface area contributed by atoms with E-state index in [0.29, 0.717) is 30.1 Å². The summed E-state index contributed by atoms with van der Waals surface area (Å²) in [7, 11) is 0. The van der Waals surface area contributed by atoms with Crippen molar-refractivity contribution >= 4 is 39.9 Å². The van der Waals surface area contributed by atoms with Crippen LogP contribution in [0.3, 0.4) is 0 Å². The second-order valence-corrected chi connectivity index (χ2v) is 7.12. The molecular formula is C18H17N3O3S. The first-order chi connectivity index (χ1) is 12.1. The summed E-state index contributed by atoms with van der Waals surface area (Å²) >= 11 is 1.60. The van der Waals surface area contributed by atoms with Crippen molar-refractivity contribution in [3.63, 3.8) is 0 Å². The molecule has 1 N–H and O–H groups in total. The quantitative estimate of drug-likeness (QED) is 0.781. The van der Waals surface area contributed by atoms with E-state index in [9.17, 15) is 9.59 Å². The summed E-state index contributed by atoms with van der Waals surface area (Å²) in [6, 6.07) is 9.40. The van der Waals surface area contributed by atoms with Crippen LogP contribution < -0.4 is 10.2 Å². The number of aromatic nitrogens is 1. The molecule has 0 bridgehead atoms. The maximum Gasteiger partial charge on any atom is 0.227 e. The van der Waals surface area contributed by atoms with Crippen molar-refractivity contribution in [2.45, 2.75) is 19.9 Å². The van der Waals surface area contributed by atoms with Crippen LogP contribution in [-0.2, 0) is 16.1 Å². The first-order valence-electron chi connectivity index (χ1n) is 8.08. The zero-order valence-corrected chi connectivity index (χ0v) is 14.5. The largest absolute Gasteiger partial charge is 0.441 e. The highest BCUT2D eigenvalue weighted by Crippen LogP contribution is 2.28. The third kappa shape index (κ3) is 3.15. The molecule has 1 aromatic carbocycles. The van der Waals surface area contributed by atoms with Crippen molar-refractivity contribution in [3.8, 4) is 0 Å². The van der Waals surface area contributed by atoms with Gasteiger partial charge in [0.15, 0.2) is 11.5 Å². The lowest BCUT2D eigenvalue weighted by Crippen LogP contribution is -2.32. The number of hydrogen-bond donors (Lipinski definition) is 1. The molecule has 0 radical (unpaired) electrons. The van der Waals surface area contributed by atoms with E-state index in [1.807, 2.05) is 35.7 Å². The minimum Gasteiger partial charge on any atom is -0.441 e. The number of nitrogens with one attached hydrogen (secondary N) is 1. The summed E-state index contributed by atoms with van der Waals surface area (Å²) in [4.78, 5) is 31.8. The summed E-state index contributed by atoms with van der Waals surface area (Å²) in [5.74, 6) is 0.131. The Balaban J connectivity index is 1.46. The molecule has 0 aliphatic carbocycles. The van der Waals surface area contributed by atoms with E-state index < -0.39 is 0 Å². The van der Waals surface area contributed by atoms with Crippen LogP contribution in [0.15, 0.2) is 40.1 Å². The molecule has 7 heteroatoms. The number of oxazole rings is 1. The molecule has 6 nitrogen and oxygen atoms in total. The minimum atomic E-state index is -0.331. The lowest BCUT2D eigenvalue weighted by Gasteiger charge is -2.16. The number of benzene rings is 1. The fourth-order valence-corrected chi connectivity index (χ4v) is 3.71. The van der Waals surface area contributed by atoms with Crippen LogP contribution in [0.4, 0.5) is 5.69 Å². The molecule has 25 heavy (non-hydrogen) atoms. The highest BCUT2D eigenvalue weighted by molar-refractivity contribution is 7.09. The van der Waals surface area contributed by atoms with E-state index in [1.165, 1.54) is 0 Å². The monoisotopic (exact) mass is 355 g/mol. The van der Waals surface area contributed by atoms with E-state index in [-0.39, 0.29) is 24.2 Å². The van der Waals surface area contributed by atoms with Gasteiger partial charge in [0.2, 0.25) is 11.8 Å². The first kappa shape index (κ1) is 15.8. The Morgan fingerprint density at radius 2 is 2.32 bits per heavy atom. The number of amides is 2. The molecule has 3 heterocycles. The molecule has 1 fully saturated rings. The molecule has 0 spiro atoms. The number of anilines is 1. The summed E-state index contributed by atoms with van der Waals surface area (Å²) in [5, 5.41) is 4.89. The van der Waals surface area contributed by atoms with Gasteiger partial charge in [0.25, 0.3) is 0 Å². The molecule has 2 aromatic heterocycles. The molecule has 1 aliphatic rings. The molecule has 4 rings (SSSR count). The van der Waals surface area contributed by atoms with Crippen LogP contribution in [0, 0.1) is 12.8 Å². The Morgan fingerprint density at radius 1 is 1.44 bits per heavy atom. The zero-order chi connectivity index (χ0) is 17.4. The Morgan fingerprint density at radius 3 is 3.12 bits per heavy atom. The number of rotatable bonds is 4. The van der Waals surface area contributed by atoms with E-state index in [0.717, 1.165) is 10.6 Å². The van der Waals surface area contributed by atoms with Gasteiger partial charge < -0.3 is 14.6 Å². The smallest absolute Gasteiger partial charge is 0.227 e. The topological polar surface area (TPSA) is 75.4 Å². The van der Waals surface area contributed by atoms with Gasteiger partial charge in [-0.2, -0.15) is 0 Å². The lowest BCUT2D eigenvalue weighted by atomic mass is 10.1. The Hall–Kier alpha value is -2.67. The molecule has 0 saturated carbocycles. The van der Waals surface area contributed by atoms with Gasteiger partial charge in [-0.1, -0.05) is 6.07 Å². The average molecular weight is 355 g/mol. The van der Waals surface area contributed by atoms with Gasteiger partial charge in [-0.25, -0.2) is 4.98 Å². The lowest BCUT2D eigenvalue weighted by molar-refractivity contribution is -0.126. The summed E-state index contributed by atoms with van der Waals surface area (Å²) in [5.41, 5.74) is 2.16. The molecule has 3 aromatic rings. The second kappa shape index (κ2) is 6.33. The van der Waals surface area contributed by atoms with Crippen molar-refractivity contribution in [2.75, 3.05) is 11.4 Å². The van der Waals surface area contributed by atoms with Gasteiger partial charge in [0.05, 0.1) is 12.5 Å². The Bertz CT molecular complexity index is 932. The predicted octanol–water partition coefficient (Wildman–Crippen LogP) is 2.87. The first-order valence-corrected chi connectivity index (χ1v) is 8.96. The number of carbonyl (C=O) groups is 2. The third-order valence-electron chi connectivity index (χ3n) is 4.30. The fraction of sp³-hybridized carbons (Fsp3) is 0.278. The molecule has 1 atom stereocenters. The highest BCUT2D eigenvalue weighted by Gasteiger charge is 2.35. The standard InChI is InChI=1S/C18H17N3O3S/c1-11-20-15-8-13(4-5-16(15)24-11)21-10-12(7-17(21)22)18(23)19-9-14-3-2-6-25-14/h2-6,8,12H,7,9-10H2,1H3,(H,19,23)/t12-/m1/s1. The van der Waals surface area contributed by atoms with E-state index in [1.54, 1.807) is 23.2 Å². The molecule has 0 unspecified atom stereocenters. The molecular weight excluding hydrogens is 338 g/mol. The molecule has 2 amide bonds. The van der Waals surface area contributed by atoms with Crippen LogP contribution in [0.2, 0.25) is 0 Å². The second-order valence-electron chi connectivity index (χ2n) is 6.09. The molecule has 1 saturated heterocycles. The van der Waals surface area contributed by atoms with Gasteiger partial charge in [-0.15, -0.1) is 11.3 Å². The zero-order valence-electron chi connectivity index (χ0n) is 13.7. The van der Waals surface area contributed by atoms with Crippen molar-refractivity contribution in [2.24, 2.45) is 5.92 Å². The number of hydrogen-bond acceptors (Lipinski definition) is 5. The van der Waals surface area contributed by atoms with Crippen molar-refractivity contribution in [3.05, 3.63) is 46.5 Å². The summed E-state index contributed by atoms with van der Waals surface area (Å²) in [6.45, 7) is 2.68. The van der Waals surface area contributed by atoms with Crippen molar-refractivity contribution < 1.29 is 14.0 Å². The van der Waals surface area contributed by atoms with Crippen LogP contribution in [-0.4, -0.2) is 23.3 Å². The normalized spacial score (nSPS) is 17.4. The van der Waals surface area contributed by atoms with Crippen molar-refractivity contribution in [1.82, 2.24) is 10.3 Å². The fourth-order valence-electron chi connectivity index (χ4n) is 3.06. The Labute approximate surface area is 148 Å². The van der Waals surface area contributed by atoms with E-state index in [4.69, 9.17) is 4.42 Å². The summed E-state index contributed by atoms with van der Waals surface area (Å²) < 4.78 is 5.46. The number of carbonyl (C=O) groups excluding carboxylic acids is 2. The van der Waals surface area contributed by atoms with Gasteiger partial charge in [0.1, 0.15) is 5.52 Å². The maximum atomic E-state index is 12.4. The van der Waals surface area contributed by atoms with Gasteiger partial charge >= 0.3 is 0 Å².